The second-order valence-electron chi connectivity index (χ2n) is 12.8. The van der Waals surface area contributed by atoms with E-state index in [1.807, 2.05) is 24.3 Å². The van der Waals surface area contributed by atoms with E-state index in [2.05, 4.69) is 79.9 Å². The first kappa shape index (κ1) is 35.1. The van der Waals surface area contributed by atoms with Crippen molar-refractivity contribution in [1.82, 2.24) is 5.32 Å². The van der Waals surface area contributed by atoms with Crippen LogP contribution in [0, 0.1) is 5.92 Å². The van der Waals surface area contributed by atoms with E-state index >= 15 is 0 Å². The molecule has 2 heterocycles. The van der Waals surface area contributed by atoms with Crippen LogP contribution in [0.15, 0.2) is 91.0 Å². The van der Waals surface area contributed by atoms with E-state index in [9.17, 15) is 14.7 Å². The van der Waals surface area contributed by atoms with Gasteiger partial charge in [0.15, 0.2) is 0 Å². The predicted octanol–water partition coefficient (Wildman–Crippen LogP) is 6.58. The van der Waals surface area contributed by atoms with E-state index in [0.717, 1.165) is 12.8 Å². The lowest BCUT2D eigenvalue weighted by Gasteiger charge is -2.44. The maximum absolute atomic E-state index is 14.0. The van der Waals surface area contributed by atoms with Crippen molar-refractivity contribution < 1.29 is 19.1 Å². The Bertz CT molecular complexity index is 1630. The van der Waals surface area contributed by atoms with Gasteiger partial charge in [-0.1, -0.05) is 105 Å². The van der Waals surface area contributed by atoms with Gasteiger partial charge >= 0.3 is 0 Å². The highest BCUT2D eigenvalue weighted by Gasteiger charge is 2.50. The van der Waals surface area contributed by atoms with Gasteiger partial charge in [-0.25, -0.2) is 0 Å². The lowest BCUT2D eigenvalue weighted by atomic mass is 9.97. The number of rotatable bonds is 12. The fourth-order valence-electron chi connectivity index (χ4n) is 6.21. The lowest BCUT2D eigenvalue weighted by molar-refractivity contribution is -0.124. The third-order valence-electron chi connectivity index (χ3n) is 8.54. The van der Waals surface area contributed by atoms with Crippen molar-refractivity contribution in [3.63, 3.8) is 0 Å². The monoisotopic (exact) mass is 709 g/mol. The summed E-state index contributed by atoms with van der Waals surface area (Å²) in [5.74, 6) is -0.570. The highest BCUT2D eigenvalue weighted by molar-refractivity contribution is 7.18. The molecule has 3 aromatic carbocycles. The van der Waals surface area contributed by atoms with Gasteiger partial charge < -0.3 is 25.1 Å². The standard InChI is InChI=1S/C36H41Cl2N3O4SSi/c1-36(2,3)47(28-12-6-4-7-13-28,29-14-8-5-9-15-29)45-24-25-11-10-20-41(35(25)44)31-17-16-26(21-30(31)37)39-22-27(42)23-40-34(43)32-18-19-33(38)46-32/h4-9,12-19,21,25,27,39,42H,10-11,20,22-24H2,1-3H3,(H,40,43)/t25?,27-/m1/s1. The first-order chi connectivity index (χ1) is 22.5. The molecule has 11 heteroatoms. The summed E-state index contributed by atoms with van der Waals surface area (Å²) in [5, 5.41) is 18.9. The Labute approximate surface area is 292 Å². The smallest absolute Gasteiger partial charge is 0.261 e. The number of thiophene rings is 1. The van der Waals surface area contributed by atoms with E-state index in [4.69, 9.17) is 27.6 Å². The maximum atomic E-state index is 14.0. The molecule has 0 bridgehead atoms. The number of anilines is 2. The van der Waals surface area contributed by atoms with Crippen LogP contribution in [-0.4, -0.2) is 57.6 Å². The molecule has 248 valence electrons. The number of nitrogens with one attached hydrogen (secondary N) is 2. The molecule has 3 N–H and O–H groups in total. The lowest BCUT2D eigenvalue weighted by Crippen LogP contribution is -2.67. The fourth-order valence-corrected chi connectivity index (χ4v) is 12.1. The molecule has 1 unspecified atom stereocenters. The summed E-state index contributed by atoms with van der Waals surface area (Å²) in [6.45, 7) is 7.89. The van der Waals surface area contributed by atoms with Crippen molar-refractivity contribution in [2.24, 2.45) is 5.92 Å². The molecule has 2 atom stereocenters. The predicted molar refractivity (Wildman–Crippen MR) is 196 cm³/mol. The van der Waals surface area contributed by atoms with Crippen molar-refractivity contribution in [3.05, 3.63) is 105 Å². The number of aliphatic hydroxyl groups excluding tert-OH is 1. The summed E-state index contributed by atoms with van der Waals surface area (Å²) in [6, 6.07) is 29.7. The minimum absolute atomic E-state index is 0.00924. The summed E-state index contributed by atoms with van der Waals surface area (Å²) in [6.07, 6.45) is 0.762. The maximum Gasteiger partial charge on any atom is 0.261 e. The molecule has 2 amide bonds. The number of amides is 2. The van der Waals surface area contributed by atoms with Crippen molar-refractivity contribution in [2.75, 3.05) is 36.5 Å². The minimum Gasteiger partial charge on any atom is -0.407 e. The van der Waals surface area contributed by atoms with Crippen LogP contribution in [0.4, 0.5) is 11.4 Å². The normalized spacial score (nSPS) is 16.2. The molecule has 7 nitrogen and oxygen atoms in total. The SMILES string of the molecule is CC(C)(C)[Si](OCC1CCCN(c2ccc(NC[C@@H](O)CNC(=O)c3ccc(Cl)s3)cc2Cl)C1=O)(c1ccccc1)c1ccccc1. The number of carbonyl (C=O) groups is 2. The topological polar surface area (TPSA) is 90.9 Å². The van der Waals surface area contributed by atoms with Crippen LogP contribution >= 0.6 is 34.5 Å². The average molecular weight is 711 g/mol. The van der Waals surface area contributed by atoms with Gasteiger partial charge in [0.1, 0.15) is 0 Å². The number of piperidine rings is 1. The van der Waals surface area contributed by atoms with Crippen LogP contribution in [0.3, 0.4) is 0 Å². The van der Waals surface area contributed by atoms with Crippen molar-refractivity contribution in [2.45, 2.75) is 44.8 Å². The second-order valence-corrected chi connectivity index (χ2v) is 19.2. The van der Waals surface area contributed by atoms with Gasteiger partial charge in [0.2, 0.25) is 5.91 Å². The molecule has 1 saturated heterocycles. The number of carbonyl (C=O) groups excluding carboxylic acids is 2. The highest BCUT2D eigenvalue weighted by Crippen LogP contribution is 2.38. The molecule has 1 fully saturated rings. The molecule has 1 aliphatic rings. The summed E-state index contributed by atoms with van der Waals surface area (Å²) >= 11 is 13.8. The van der Waals surface area contributed by atoms with E-state index in [-0.39, 0.29) is 35.9 Å². The van der Waals surface area contributed by atoms with E-state index in [1.54, 1.807) is 23.1 Å². The molecule has 5 rings (SSSR count). The number of benzene rings is 3. The third-order valence-corrected chi connectivity index (χ3v) is 15.1. The number of hydrogen-bond acceptors (Lipinski definition) is 6. The zero-order valence-electron chi connectivity index (χ0n) is 26.8. The molecule has 47 heavy (non-hydrogen) atoms. The largest absolute Gasteiger partial charge is 0.407 e. The molecule has 0 radical (unpaired) electrons. The summed E-state index contributed by atoms with van der Waals surface area (Å²) < 4.78 is 7.65. The van der Waals surface area contributed by atoms with Crippen LogP contribution in [0.1, 0.15) is 43.3 Å². The van der Waals surface area contributed by atoms with Crippen molar-refractivity contribution >= 4 is 76.4 Å². The molecular formula is C36H41Cl2N3O4SSi. The molecule has 0 saturated carbocycles. The summed E-state index contributed by atoms with van der Waals surface area (Å²) in [7, 11) is -2.78. The Morgan fingerprint density at radius 1 is 1.00 bits per heavy atom. The van der Waals surface area contributed by atoms with E-state index in [0.29, 0.717) is 38.8 Å². The van der Waals surface area contributed by atoms with Crippen molar-refractivity contribution in [1.29, 1.82) is 0 Å². The van der Waals surface area contributed by atoms with Gasteiger partial charge in [-0.3, -0.25) is 9.59 Å². The van der Waals surface area contributed by atoms with Gasteiger partial charge in [0.25, 0.3) is 14.2 Å². The van der Waals surface area contributed by atoms with Crippen LogP contribution in [0.2, 0.25) is 14.4 Å². The number of nitrogens with zero attached hydrogens (tertiary/aromatic N) is 1. The quantitative estimate of drug-likeness (QED) is 0.145. The molecule has 1 aliphatic heterocycles. The van der Waals surface area contributed by atoms with Gasteiger partial charge in [-0.15, -0.1) is 11.3 Å². The molecule has 0 spiro atoms. The minimum atomic E-state index is -2.78. The Morgan fingerprint density at radius 3 is 2.23 bits per heavy atom. The number of aliphatic hydroxyl groups is 1. The zero-order valence-corrected chi connectivity index (χ0v) is 30.2. The van der Waals surface area contributed by atoms with Crippen molar-refractivity contribution in [3.8, 4) is 0 Å². The van der Waals surface area contributed by atoms with Crippen LogP contribution in [0.5, 0.6) is 0 Å². The zero-order chi connectivity index (χ0) is 33.6. The first-order valence-electron chi connectivity index (χ1n) is 15.8. The first-order valence-corrected chi connectivity index (χ1v) is 19.3. The molecular weight excluding hydrogens is 669 g/mol. The van der Waals surface area contributed by atoms with Crippen LogP contribution < -0.4 is 25.9 Å². The molecule has 0 aliphatic carbocycles. The summed E-state index contributed by atoms with van der Waals surface area (Å²) in [4.78, 5) is 28.5. The van der Waals surface area contributed by atoms with Crippen LogP contribution in [0.25, 0.3) is 0 Å². The third kappa shape index (κ3) is 8.10. The van der Waals surface area contributed by atoms with Gasteiger partial charge in [0.05, 0.1) is 31.9 Å². The second kappa shape index (κ2) is 15.4. The Kier molecular flexibility index (Phi) is 11.5. The molecule has 4 aromatic rings. The Balaban J connectivity index is 1.24. The summed E-state index contributed by atoms with van der Waals surface area (Å²) in [5.41, 5.74) is 1.35. The average Bonchev–Trinajstić information content (AvgIpc) is 3.50. The van der Waals surface area contributed by atoms with Gasteiger partial charge in [0, 0.05) is 31.9 Å². The van der Waals surface area contributed by atoms with E-state index in [1.165, 1.54) is 21.7 Å². The van der Waals surface area contributed by atoms with Gasteiger partial charge in [-0.2, -0.15) is 0 Å². The molecule has 1 aromatic heterocycles. The fraction of sp³-hybridized carbons (Fsp3) is 0.333. The highest BCUT2D eigenvalue weighted by atomic mass is 35.5. The number of hydrogen-bond donors (Lipinski definition) is 3. The van der Waals surface area contributed by atoms with Gasteiger partial charge in [-0.05, 0) is 58.6 Å². The van der Waals surface area contributed by atoms with E-state index < -0.39 is 14.4 Å². The number of halogens is 2. The Hall–Kier alpha value is -3.18. The Morgan fingerprint density at radius 2 is 1.66 bits per heavy atom. The van der Waals surface area contributed by atoms with Crippen LogP contribution in [-0.2, 0) is 9.22 Å².